The first-order valence-electron chi connectivity index (χ1n) is 5.38. The Morgan fingerprint density at radius 3 is 2.41 bits per heavy atom. The summed E-state index contributed by atoms with van der Waals surface area (Å²) < 4.78 is 0. The third kappa shape index (κ3) is 3.79. The van der Waals surface area contributed by atoms with E-state index in [9.17, 15) is 9.59 Å². The van der Waals surface area contributed by atoms with Gasteiger partial charge in [-0.1, -0.05) is 0 Å². The number of hydrogen-bond donors (Lipinski definition) is 3. The summed E-state index contributed by atoms with van der Waals surface area (Å²) in [7, 11) is 0. The van der Waals surface area contributed by atoms with Gasteiger partial charge >= 0.3 is 6.03 Å². The van der Waals surface area contributed by atoms with Crippen molar-refractivity contribution < 1.29 is 9.59 Å². The van der Waals surface area contributed by atoms with Crippen molar-refractivity contribution in [2.24, 2.45) is 5.73 Å². The molecule has 92 valence electrons. The topological polar surface area (TPSA) is 84.2 Å². The Labute approximate surface area is 100 Å². The second-order valence-corrected chi connectivity index (χ2v) is 4.15. The van der Waals surface area contributed by atoms with Gasteiger partial charge in [-0.3, -0.25) is 4.79 Å². The molecule has 0 bridgehead atoms. The largest absolute Gasteiger partial charge is 0.366 e. The Morgan fingerprint density at radius 1 is 1.29 bits per heavy atom. The Kier molecular flexibility index (Phi) is 4.09. The van der Waals surface area contributed by atoms with Crippen molar-refractivity contribution in [3.63, 3.8) is 0 Å². The molecular weight excluding hydrogens is 218 g/mol. The first-order valence-corrected chi connectivity index (χ1v) is 5.38. The van der Waals surface area contributed by atoms with Crippen LogP contribution in [-0.2, 0) is 0 Å². The monoisotopic (exact) mass is 235 g/mol. The Bertz CT molecular complexity index is 441. The minimum absolute atomic E-state index is 0.0704. The van der Waals surface area contributed by atoms with Crippen LogP contribution in [0.25, 0.3) is 0 Å². The molecule has 4 N–H and O–H groups in total. The van der Waals surface area contributed by atoms with Gasteiger partial charge in [0.25, 0.3) is 0 Å². The fourth-order valence-electron chi connectivity index (χ4n) is 1.45. The highest BCUT2D eigenvalue weighted by Crippen LogP contribution is 2.14. The van der Waals surface area contributed by atoms with E-state index in [4.69, 9.17) is 5.73 Å². The zero-order chi connectivity index (χ0) is 13.0. The van der Waals surface area contributed by atoms with Gasteiger partial charge in [-0.25, -0.2) is 4.79 Å². The lowest BCUT2D eigenvalue weighted by atomic mass is 10.1. The summed E-state index contributed by atoms with van der Waals surface area (Å²) in [5.41, 5.74) is 7.02. The number of carbonyl (C=O) groups is 2. The van der Waals surface area contributed by atoms with Crippen LogP contribution in [0, 0.1) is 6.92 Å². The zero-order valence-corrected chi connectivity index (χ0v) is 10.2. The van der Waals surface area contributed by atoms with E-state index in [0.717, 1.165) is 5.56 Å². The van der Waals surface area contributed by atoms with Gasteiger partial charge in [0.15, 0.2) is 0 Å². The first-order chi connectivity index (χ1) is 7.90. The quantitative estimate of drug-likeness (QED) is 0.743. The molecule has 5 nitrogen and oxygen atoms in total. The van der Waals surface area contributed by atoms with Gasteiger partial charge in [-0.05, 0) is 44.5 Å². The van der Waals surface area contributed by atoms with Gasteiger partial charge in [0, 0.05) is 17.3 Å². The number of carbonyl (C=O) groups excluding carboxylic acids is 2. The van der Waals surface area contributed by atoms with Crippen molar-refractivity contribution in [3.8, 4) is 0 Å². The third-order valence-corrected chi connectivity index (χ3v) is 2.17. The molecule has 0 saturated heterocycles. The second kappa shape index (κ2) is 5.34. The fourth-order valence-corrected chi connectivity index (χ4v) is 1.45. The zero-order valence-electron chi connectivity index (χ0n) is 10.2. The van der Waals surface area contributed by atoms with Gasteiger partial charge in [-0.2, -0.15) is 0 Å². The molecule has 3 amide bonds. The molecule has 0 aliphatic carbocycles. The number of rotatable bonds is 3. The standard InChI is InChI=1S/C12H17N3O2/c1-7(2)14-12(17)15-9-4-5-10(11(13)16)8(3)6-9/h4-7H,1-3H3,(H2,13,16)(H2,14,15,17). The van der Waals surface area contributed by atoms with Crippen molar-refractivity contribution >= 4 is 17.6 Å². The highest BCUT2D eigenvalue weighted by molar-refractivity contribution is 5.95. The number of aryl methyl sites for hydroxylation is 1. The van der Waals surface area contributed by atoms with E-state index in [1.807, 2.05) is 13.8 Å². The van der Waals surface area contributed by atoms with Crippen molar-refractivity contribution in [1.29, 1.82) is 0 Å². The molecule has 0 radical (unpaired) electrons. The summed E-state index contributed by atoms with van der Waals surface area (Å²) in [5, 5.41) is 5.38. The van der Waals surface area contributed by atoms with Crippen LogP contribution in [0.1, 0.15) is 29.8 Å². The summed E-state index contributed by atoms with van der Waals surface area (Å²) in [4.78, 5) is 22.5. The molecule has 1 aromatic rings. The Morgan fingerprint density at radius 2 is 1.94 bits per heavy atom. The van der Waals surface area contributed by atoms with Crippen LogP contribution in [0.5, 0.6) is 0 Å². The summed E-state index contributed by atoms with van der Waals surface area (Å²) in [6, 6.07) is 4.75. The predicted molar refractivity (Wildman–Crippen MR) is 67.0 cm³/mol. The van der Waals surface area contributed by atoms with E-state index in [-0.39, 0.29) is 12.1 Å². The number of benzene rings is 1. The Balaban J connectivity index is 2.77. The first kappa shape index (κ1) is 13.0. The van der Waals surface area contributed by atoms with E-state index in [0.29, 0.717) is 11.3 Å². The molecule has 0 aromatic heterocycles. The lowest BCUT2D eigenvalue weighted by Crippen LogP contribution is -2.34. The van der Waals surface area contributed by atoms with Crippen LogP contribution in [-0.4, -0.2) is 18.0 Å². The normalized spacial score (nSPS) is 10.1. The molecule has 0 unspecified atom stereocenters. The van der Waals surface area contributed by atoms with E-state index in [1.165, 1.54) is 0 Å². The highest BCUT2D eigenvalue weighted by Gasteiger charge is 2.07. The number of urea groups is 1. The molecular formula is C12H17N3O2. The molecule has 0 atom stereocenters. The lowest BCUT2D eigenvalue weighted by Gasteiger charge is -2.11. The number of hydrogen-bond acceptors (Lipinski definition) is 2. The van der Waals surface area contributed by atoms with Gasteiger partial charge in [0.2, 0.25) is 5.91 Å². The maximum Gasteiger partial charge on any atom is 0.319 e. The smallest absolute Gasteiger partial charge is 0.319 e. The highest BCUT2D eigenvalue weighted by atomic mass is 16.2. The van der Waals surface area contributed by atoms with Crippen molar-refractivity contribution in [2.75, 3.05) is 5.32 Å². The molecule has 0 aliphatic heterocycles. The molecule has 0 fully saturated rings. The molecule has 0 heterocycles. The van der Waals surface area contributed by atoms with Crippen LogP contribution >= 0.6 is 0 Å². The number of amides is 3. The van der Waals surface area contributed by atoms with Crippen LogP contribution in [0.4, 0.5) is 10.5 Å². The molecule has 1 rings (SSSR count). The number of anilines is 1. The molecule has 0 spiro atoms. The minimum atomic E-state index is -0.472. The number of nitrogens with one attached hydrogen (secondary N) is 2. The van der Waals surface area contributed by atoms with Gasteiger partial charge in [-0.15, -0.1) is 0 Å². The van der Waals surface area contributed by atoms with Gasteiger partial charge in [0.1, 0.15) is 0 Å². The fraction of sp³-hybridized carbons (Fsp3) is 0.333. The minimum Gasteiger partial charge on any atom is -0.366 e. The average Bonchev–Trinajstić information content (AvgIpc) is 2.15. The average molecular weight is 235 g/mol. The van der Waals surface area contributed by atoms with E-state index < -0.39 is 5.91 Å². The molecule has 0 saturated carbocycles. The van der Waals surface area contributed by atoms with Crippen LogP contribution < -0.4 is 16.4 Å². The summed E-state index contributed by atoms with van der Waals surface area (Å²) in [5.74, 6) is -0.472. The molecule has 17 heavy (non-hydrogen) atoms. The summed E-state index contributed by atoms with van der Waals surface area (Å²) in [6.07, 6.45) is 0. The summed E-state index contributed by atoms with van der Waals surface area (Å²) >= 11 is 0. The second-order valence-electron chi connectivity index (χ2n) is 4.15. The number of nitrogens with two attached hydrogens (primary N) is 1. The van der Waals surface area contributed by atoms with Gasteiger partial charge in [0.05, 0.1) is 0 Å². The maximum atomic E-state index is 11.4. The van der Waals surface area contributed by atoms with Gasteiger partial charge < -0.3 is 16.4 Å². The predicted octanol–water partition coefficient (Wildman–Crippen LogP) is 1.62. The van der Waals surface area contributed by atoms with Crippen molar-refractivity contribution in [2.45, 2.75) is 26.8 Å². The van der Waals surface area contributed by atoms with Crippen molar-refractivity contribution in [1.82, 2.24) is 5.32 Å². The van der Waals surface area contributed by atoms with Crippen LogP contribution in [0.15, 0.2) is 18.2 Å². The van der Waals surface area contributed by atoms with E-state index in [2.05, 4.69) is 10.6 Å². The lowest BCUT2D eigenvalue weighted by molar-refractivity contribution is 0.0999. The maximum absolute atomic E-state index is 11.4. The van der Waals surface area contributed by atoms with Crippen LogP contribution in [0.2, 0.25) is 0 Å². The van der Waals surface area contributed by atoms with E-state index in [1.54, 1.807) is 25.1 Å². The van der Waals surface area contributed by atoms with Crippen LogP contribution in [0.3, 0.4) is 0 Å². The third-order valence-electron chi connectivity index (χ3n) is 2.17. The summed E-state index contributed by atoms with van der Waals surface area (Å²) in [6.45, 7) is 5.52. The van der Waals surface area contributed by atoms with E-state index >= 15 is 0 Å². The Hall–Kier alpha value is -2.04. The van der Waals surface area contributed by atoms with Crippen molar-refractivity contribution in [3.05, 3.63) is 29.3 Å². The molecule has 0 aliphatic rings. The number of primary amides is 1. The molecule has 5 heteroatoms. The molecule has 1 aromatic carbocycles. The SMILES string of the molecule is Cc1cc(NC(=O)NC(C)C)ccc1C(N)=O.